The molecule has 0 aliphatic rings. The molecule has 28 heavy (non-hydrogen) atoms. The second-order valence-corrected chi connectivity index (χ2v) is 6.73. The largest absolute Gasteiger partial charge is 0.480 e. The molecule has 1 aromatic carbocycles. The minimum Gasteiger partial charge on any atom is -0.480 e. The molecule has 3 amide bonds. The molecule has 0 radical (unpaired) electrons. The molecule has 1 aromatic rings. The number of benzene rings is 1. The highest BCUT2D eigenvalue weighted by atomic mass is 16.4. The molecule has 0 fully saturated rings. The molecule has 9 heteroatoms. The van der Waals surface area contributed by atoms with Crippen LogP contribution in [-0.4, -0.2) is 46.9 Å². The Bertz CT molecular complexity index is 695. The van der Waals surface area contributed by atoms with Crippen molar-refractivity contribution < 1.29 is 24.3 Å². The smallest absolute Gasteiger partial charge is 0.326 e. The van der Waals surface area contributed by atoms with E-state index in [0.717, 1.165) is 0 Å². The van der Waals surface area contributed by atoms with Crippen molar-refractivity contribution in [1.82, 2.24) is 10.6 Å². The summed E-state index contributed by atoms with van der Waals surface area (Å²) in [5.41, 5.74) is 11.7. The first-order valence-corrected chi connectivity index (χ1v) is 9.07. The van der Waals surface area contributed by atoms with Crippen LogP contribution in [0.1, 0.15) is 32.3 Å². The second kappa shape index (κ2) is 11.0. The highest BCUT2D eigenvalue weighted by Crippen LogP contribution is 2.07. The van der Waals surface area contributed by atoms with Crippen LogP contribution in [0.5, 0.6) is 0 Å². The number of carbonyl (C=O) groups excluding carboxylic acids is 3. The Morgan fingerprint density at radius 2 is 1.61 bits per heavy atom. The average molecular weight is 392 g/mol. The Hall–Kier alpha value is -2.94. The van der Waals surface area contributed by atoms with Gasteiger partial charge in [0, 0.05) is 6.42 Å². The van der Waals surface area contributed by atoms with Crippen molar-refractivity contribution in [2.45, 2.75) is 51.2 Å². The summed E-state index contributed by atoms with van der Waals surface area (Å²) < 4.78 is 0. The van der Waals surface area contributed by atoms with E-state index in [1.807, 2.05) is 6.92 Å². The van der Waals surface area contributed by atoms with Gasteiger partial charge in [0.1, 0.15) is 12.1 Å². The van der Waals surface area contributed by atoms with Gasteiger partial charge in [0.05, 0.1) is 12.5 Å². The fourth-order valence-corrected chi connectivity index (χ4v) is 2.51. The van der Waals surface area contributed by atoms with Gasteiger partial charge >= 0.3 is 5.97 Å². The van der Waals surface area contributed by atoms with Crippen molar-refractivity contribution in [3.05, 3.63) is 35.9 Å². The maximum atomic E-state index is 12.5. The van der Waals surface area contributed by atoms with E-state index in [2.05, 4.69) is 10.6 Å². The van der Waals surface area contributed by atoms with Gasteiger partial charge in [-0.25, -0.2) is 4.79 Å². The SMILES string of the molecule is CCC(C)C(N)C(=O)NC(CC(N)=O)C(=O)NC(Cc1ccccc1)C(=O)O. The van der Waals surface area contributed by atoms with Gasteiger partial charge in [-0.1, -0.05) is 50.6 Å². The molecule has 0 aliphatic heterocycles. The molecule has 0 aliphatic carbocycles. The zero-order chi connectivity index (χ0) is 21.3. The van der Waals surface area contributed by atoms with E-state index < -0.39 is 48.2 Å². The first-order valence-electron chi connectivity index (χ1n) is 9.07. The first-order chi connectivity index (χ1) is 13.1. The van der Waals surface area contributed by atoms with E-state index in [4.69, 9.17) is 11.5 Å². The third kappa shape index (κ3) is 7.36. The lowest BCUT2D eigenvalue weighted by atomic mass is 9.98. The number of nitrogens with one attached hydrogen (secondary N) is 2. The Kier molecular flexibility index (Phi) is 9.10. The van der Waals surface area contributed by atoms with E-state index >= 15 is 0 Å². The van der Waals surface area contributed by atoms with Gasteiger partial charge in [0.2, 0.25) is 17.7 Å². The Morgan fingerprint density at radius 3 is 2.11 bits per heavy atom. The number of rotatable bonds is 11. The van der Waals surface area contributed by atoms with Crippen LogP contribution in [0.3, 0.4) is 0 Å². The summed E-state index contributed by atoms with van der Waals surface area (Å²) in [4.78, 5) is 47.6. The summed E-state index contributed by atoms with van der Waals surface area (Å²) in [5, 5.41) is 14.2. The lowest BCUT2D eigenvalue weighted by Gasteiger charge is -2.24. The minimum atomic E-state index is -1.31. The van der Waals surface area contributed by atoms with Crippen LogP contribution in [0.25, 0.3) is 0 Å². The number of amides is 3. The summed E-state index contributed by atoms with van der Waals surface area (Å²) in [6.07, 6.45) is 0.230. The van der Waals surface area contributed by atoms with Crippen LogP contribution >= 0.6 is 0 Å². The number of hydrogen-bond acceptors (Lipinski definition) is 5. The topological polar surface area (TPSA) is 165 Å². The molecule has 7 N–H and O–H groups in total. The van der Waals surface area contributed by atoms with Crippen LogP contribution < -0.4 is 22.1 Å². The van der Waals surface area contributed by atoms with Gasteiger partial charge < -0.3 is 27.2 Å². The van der Waals surface area contributed by atoms with Gasteiger partial charge in [0.25, 0.3) is 0 Å². The Morgan fingerprint density at radius 1 is 1.04 bits per heavy atom. The summed E-state index contributed by atoms with van der Waals surface area (Å²) in [6, 6.07) is 5.35. The minimum absolute atomic E-state index is 0.0472. The van der Waals surface area contributed by atoms with Crippen molar-refractivity contribution in [1.29, 1.82) is 0 Å². The van der Waals surface area contributed by atoms with Crippen LogP contribution in [0, 0.1) is 5.92 Å². The van der Waals surface area contributed by atoms with Crippen molar-refractivity contribution in [2.24, 2.45) is 17.4 Å². The molecule has 0 aromatic heterocycles. The molecular weight excluding hydrogens is 364 g/mol. The fourth-order valence-electron chi connectivity index (χ4n) is 2.51. The van der Waals surface area contributed by atoms with Crippen LogP contribution in [0.4, 0.5) is 0 Å². The first kappa shape index (κ1) is 23.1. The summed E-state index contributed by atoms with van der Waals surface area (Å²) in [7, 11) is 0. The molecule has 0 saturated heterocycles. The number of carboxylic acids is 1. The predicted octanol–water partition coefficient (Wildman–Crippen LogP) is -0.468. The number of hydrogen-bond donors (Lipinski definition) is 5. The van der Waals surface area contributed by atoms with Crippen molar-refractivity contribution in [3.8, 4) is 0 Å². The van der Waals surface area contributed by atoms with Gasteiger partial charge in [-0.15, -0.1) is 0 Å². The highest BCUT2D eigenvalue weighted by molar-refractivity contribution is 5.94. The van der Waals surface area contributed by atoms with Crippen molar-refractivity contribution in [3.63, 3.8) is 0 Å². The van der Waals surface area contributed by atoms with E-state index in [9.17, 15) is 24.3 Å². The molecule has 9 nitrogen and oxygen atoms in total. The lowest BCUT2D eigenvalue weighted by molar-refractivity contribution is -0.142. The zero-order valence-electron chi connectivity index (χ0n) is 16.1. The van der Waals surface area contributed by atoms with E-state index in [1.54, 1.807) is 37.3 Å². The Balaban J connectivity index is 2.87. The molecule has 0 saturated carbocycles. The average Bonchev–Trinajstić information content (AvgIpc) is 2.65. The van der Waals surface area contributed by atoms with Crippen LogP contribution in [-0.2, 0) is 25.6 Å². The lowest BCUT2D eigenvalue weighted by Crippen LogP contribution is -2.56. The standard InChI is InChI=1S/C19H28N4O5/c1-3-11(2)16(21)18(26)22-13(10-15(20)24)17(25)23-14(19(27)28)9-12-7-5-4-6-8-12/h4-8,11,13-14,16H,3,9-10,21H2,1-2H3,(H2,20,24)(H,22,26)(H,23,25)(H,27,28). The number of carboxylic acid groups (broad SMARTS) is 1. The molecule has 0 heterocycles. The van der Waals surface area contributed by atoms with Crippen LogP contribution in [0.2, 0.25) is 0 Å². The number of nitrogens with two attached hydrogens (primary N) is 2. The van der Waals surface area contributed by atoms with Crippen molar-refractivity contribution in [2.75, 3.05) is 0 Å². The predicted molar refractivity (Wildman–Crippen MR) is 103 cm³/mol. The molecule has 154 valence electrons. The number of carbonyl (C=O) groups is 4. The maximum Gasteiger partial charge on any atom is 0.326 e. The third-order valence-electron chi connectivity index (χ3n) is 4.50. The highest BCUT2D eigenvalue weighted by Gasteiger charge is 2.30. The van der Waals surface area contributed by atoms with Gasteiger partial charge in [-0.05, 0) is 11.5 Å². The molecular formula is C19H28N4O5. The molecule has 4 atom stereocenters. The van der Waals surface area contributed by atoms with Gasteiger partial charge in [-0.2, -0.15) is 0 Å². The second-order valence-electron chi connectivity index (χ2n) is 6.73. The van der Waals surface area contributed by atoms with E-state index in [-0.39, 0.29) is 12.3 Å². The number of primary amides is 1. The summed E-state index contributed by atoms with van der Waals surface area (Å²) in [6.45, 7) is 3.65. The maximum absolute atomic E-state index is 12.5. The summed E-state index contributed by atoms with van der Waals surface area (Å²) >= 11 is 0. The molecule has 0 bridgehead atoms. The molecule has 1 rings (SSSR count). The Labute approximate surface area is 163 Å². The normalized spacial score (nSPS) is 15.0. The number of aliphatic carboxylic acids is 1. The summed E-state index contributed by atoms with van der Waals surface area (Å²) in [5.74, 6) is -3.61. The monoisotopic (exact) mass is 392 g/mol. The quantitative estimate of drug-likeness (QED) is 0.342. The van der Waals surface area contributed by atoms with Gasteiger partial charge in [0.15, 0.2) is 0 Å². The molecule has 0 spiro atoms. The zero-order valence-corrected chi connectivity index (χ0v) is 16.1. The van der Waals surface area contributed by atoms with Crippen LogP contribution in [0.15, 0.2) is 30.3 Å². The third-order valence-corrected chi connectivity index (χ3v) is 4.50. The van der Waals surface area contributed by atoms with E-state index in [0.29, 0.717) is 12.0 Å². The fraction of sp³-hybridized carbons (Fsp3) is 0.474. The van der Waals surface area contributed by atoms with Gasteiger partial charge in [-0.3, -0.25) is 14.4 Å². The molecule has 4 unspecified atom stereocenters. The van der Waals surface area contributed by atoms with Crippen molar-refractivity contribution >= 4 is 23.7 Å². The van der Waals surface area contributed by atoms with E-state index in [1.165, 1.54) is 0 Å².